The number of aromatic nitrogens is 2. The van der Waals surface area contributed by atoms with Crippen molar-refractivity contribution in [1.82, 2.24) is 14.9 Å². The molecule has 3 aromatic rings. The number of methoxy groups -OCH3 is 1. The predicted molar refractivity (Wildman–Crippen MR) is 162 cm³/mol. The maximum atomic E-state index is 13.9. The van der Waals surface area contributed by atoms with E-state index < -0.39 is 29.4 Å². The van der Waals surface area contributed by atoms with Crippen LogP contribution >= 0.6 is 0 Å². The predicted octanol–water partition coefficient (Wildman–Crippen LogP) is 1.70. The quantitative estimate of drug-likeness (QED) is 0.251. The van der Waals surface area contributed by atoms with E-state index in [-0.39, 0.29) is 24.9 Å². The molecule has 0 spiro atoms. The van der Waals surface area contributed by atoms with Gasteiger partial charge >= 0.3 is 5.91 Å². The Hall–Kier alpha value is -4.06. The molecule has 1 unspecified atom stereocenters. The first-order chi connectivity index (χ1) is 20.5. The number of quaternary nitrogens is 1. The van der Waals surface area contributed by atoms with Crippen molar-refractivity contribution in [3.8, 4) is 5.75 Å². The van der Waals surface area contributed by atoms with E-state index in [1.165, 1.54) is 6.33 Å². The van der Waals surface area contributed by atoms with Crippen molar-refractivity contribution in [1.29, 1.82) is 0 Å². The maximum absolute atomic E-state index is 13.9. The molecule has 1 saturated heterocycles. The lowest BCUT2D eigenvalue weighted by atomic mass is 9.97. The van der Waals surface area contributed by atoms with Gasteiger partial charge in [0.2, 0.25) is 5.91 Å². The van der Waals surface area contributed by atoms with Gasteiger partial charge in [-0.15, -0.1) is 0 Å². The number of rotatable bonds is 12. The maximum Gasteiger partial charge on any atom is 0.339 e. The van der Waals surface area contributed by atoms with E-state index in [1.54, 1.807) is 31.7 Å². The smallest absolute Gasteiger partial charge is 0.339 e. The first kappa shape index (κ1) is 31.9. The van der Waals surface area contributed by atoms with Crippen LogP contribution in [0.1, 0.15) is 50.8 Å². The molecular formula is C32H43N6O5+. The minimum atomic E-state index is -1.20. The van der Waals surface area contributed by atoms with Crippen molar-refractivity contribution in [3.05, 3.63) is 78.2 Å². The number of carbonyl (C=O) groups is 3. The number of hydrogen-bond donors (Lipinski definition) is 4. The molecule has 2 atom stereocenters. The van der Waals surface area contributed by atoms with Crippen LogP contribution in [0.15, 0.2) is 67.1 Å². The van der Waals surface area contributed by atoms with Crippen molar-refractivity contribution >= 4 is 23.5 Å². The van der Waals surface area contributed by atoms with Gasteiger partial charge in [-0.2, -0.15) is 0 Å². The van der Waals surface area contributed by atoms with Crippen molar-refractivity contribution in [2.24, 2.45) is 11.7 Å². The van der Waals surface area contributed by atoms with Crippen LogP contribution in [0.25, 0.3) is 0 Å². The molecule has 3 amide bonds. The van der Waals surface area contributed by atoms with E-state index >= 15 is 0 Å². The molecule has 4 rings (SSSR count). The first-order valence-electron chi connectivity index (χ1n) is 14.6. The number of piperidine rings is 1. The average molecular weight is 592 g/mol. The van der Waals surface area contributed by atoms with Crippen LogP contribution in [0.4, 0.5) is 5.82 Å². The third-order valence-corrected chi connectivity index (χ3v) is 7.64. The second-order valence-electron chi connectivity index (χ2n) is 11.8. The number of amides is 3. The number of imidazole rings is 1. The Labute approximate surface area is 252 Å². The number of nitrogens with zero attached hydrogens (tertiary/aromatic N) is 2. The van der Waals surface area contributed by atoms with Gasteiger partial charge in [-0.25, -0.2) is 9.78 Å². The topological polar surface area (TPSA) is 142 Å². The molecule has 43 heavy (non-hydrogen) atoms. The van der Waals surface area contributed by atoms with Gasteiger partial charge in [0.1, 0.15) is 11.8 Å². The molecule has 5 N–H and O–H groups in total. The second kappa shape index (κ2) is 14.4. The zero-order valence-electron chi connectivity index (χ0n) is 25.3. The summed E-state index contributed by atoms with van der Waals surface area (Å²) in [7, 11) is 1.59. The number of anilines is 1. The molecular weight excluding hydrogens is 548 g/mol. The van der Waals surface area contributed by atoms with E-state index in [0.29, 0.717) is 11.7 Å². The van der Waals surface area contributed by atoms with Gasteiger partial charge in [0.05, 0.1) is 45.3 Å². The fourth-order valence-corrected chi connectivity index (χ4v) is 4.97. The summed E-state index contributed by atoms with van der Waals surface area (Å²) < 4.78 is 12.9. The van der Waals surface area contributed by atoms with Crippen LogP contribution in [-0.4, -0.2) is 65.7 Å². The standard InChI is InChI=1S/C32H42N6O5/c1-22-13-15-37(16-14-22)30(40)28(24-11-8-12-25(17-24)42-4)38-18-27(34-21-38)36-29(39)26(35-31(41)32(2,3)33)20-43-19-23-9-6-5-7-10-23/h5-12,17-18,21-22,26,28H,13-16,19-20,33H2,1-4H3,(H,35,41)(H,36,39)/p+1/t26-,28?/m1/s1. The lowest BCUT2D eigenvalue weighted by molar-refractivity contribution is -0.828. The molecule has 0 bridgehead atoms. The lowest BCUT2D eigenvalue weighted by Crippen LogP contribution is -3.16. The first-order valence-corrected chi connectivity index (χ1v) is 14.6. The number of likely N-dealkylation sites (tertiary alicyclic amines) is 1. The monoisotopic (exact) mass is 591 g/mol. The summed E-state index contributed by atoms with van der Waals surface area (Å²) in [5.74, 6) is 0.488. The number of benzene rings is 2. The van der Waals surface area contributed by atoms with Gasteiger partial charge in [-0.05, 0) is 55.9 Å². The second-order valence-corrected chi connectivity index (χ2v) is 11.8. The van der Waals surface area contributed by atoms with E-state index in [2.05, 4.69) is 22.5 Å². The zero-order chi connectivity index (χ0) is 31.0. The molecule has 1 aromatic heterocycles. The van der Waals surface area contributed by atoms with Crippen molar-refractivity contribution in [2.45, 2.75) is 57.8 Å². The van der Waals surface area contributed by atoms with Gasteiger partial charge in [0.25, 0.3) is 5.91 Å². The minimum Gasteiger partial charge on any atom is -0.497 e. The molecule has 2 heterocycles. The third-order valence-electron chi connectivity index (χ3n) is 7.64. The normalized spacial score (nSPS) is 18.3. The van der Waals surface area contributed by atoms with Crippen molar-refractivity contribution in [2.75, 3.05) is 32.1 Å². The number of carbonyl (C=O) groups excluding carboxylic acids is 3. The molecule has 230 valence electrons. The summed E-state index contributed by atoms with van der Waals surface area (Å²) in [5, 5.41) is 5.46. The Morgan fingerprint density at radius 2 is 1.84 bits per heavy atom. The number of hydrogen-bond acceptors (Lipinski definition) is 7. The fourth-order valence-electron chi connectivity index (χ4n) is 4.97. The molecule has 1 aliphatic rings. The zero-order valence-corrected chi connectivity index (χ0v) is 25.3. The molecule has 11 heteroatoms. The fraction of sp³-hybridized carbons (Fsp3) is 0.438. The van der Waals surface area contributed by atoms with Gasteiger partial charge in [-0.1, -0.05) is 49.4 Å². The summed E-state index contributed by atoms with van der Waals surface area (Å²) in [6, 6.07) is 15.2. The molecule has 0 radical (unpaired) electrons. The van der Waals surface area contributed by atoms with E-state index in [9.17, 15) is 14.4 Å². The van der Waals surface area contributed by atoms with Crippen LogP contribution < -0.4 is 26.0 Å². The highest BCUT2D eigenvalue weighted by Crippen LogP contribution is 2.24. The Bertz CT molecular complexity index is 1380. The van der Waals surface area contributed by atoms with Crippen LogP contribution in [0.3, 0.4) is 0 Å². The summed E-state index contributed by atoms with van der Waals surface area (Å²) in [4.78, 5) is 45.2. The summed E-state index contributed by atoms with van der Waals surface area (Å²) >= 11 is 0. The minimum absolute atomic E-state index is 0.0278. The molecule has 2 aromatic carbocycles. The van der Waals surface area contributed by atoms with Crippen LogP contribution in [0.5, 0.6) is 5.75 Å². The Balaban J connectivity index is 1.53. The highest BCUT2D eigenvalue weighted by molar-refractivity contribution is 5.98. The molecule has 0 aliphatic carbocycles. The Morgan fingerprint density at radius 3 is 2.51 bits per heavy atom. The summed E-state index contributed by atoms with van der Waals surface area (Å²) in [5.41, 5.74) is 6.46. The Kier molecular flexibility index (Phi) is 10.7. The SMILES string of the molecule is COc1cccc(C(C(=O)[NH+]2CCC(C)CC2)n2cnc(NC(=O)[C@@H](COCc3ccccc3)NC(=O)C(C)(C)N)c2)c1. The van der Waals surface area contributed by atoms with Crippen LogP contribution in [0.2, 0.25) is 0 Å². The highest BCUT2D eigenvalue weighted by atomic mass is 16.5. The molecule has 11 nitrogen and oxygen atoms in total. The third kappa shape index (κ3) is 8.73. The van der Waals surface area contributed by atoms with Gasteiger partial charge in [-0.3, -0.25) is 14.5 Å². The number of nitrogens with one attached hydrogen (secondary N) is 3. The molecule has 0 saturated carbocycles. The number of nitrogens with two attached hydrogens (primary N) is 1. The van der Waals surface area contributed by atoms with E-state index in [0.717, 1.165) is 42.0 Å². The van der Waals surface area contributed by atoms with Crippen LogP contribution in [0, 0.1) is 5.92 Å². The van der Waals surface area contributed by atoms with Crippen molar-refractivity contribution in [3.63, 3.8) is 0 Å². The van der Waals surface area contributed by atoms with Gasteiger partial charge < -0.3 is 30.4 Å². The molecule has 1 aliphatic heterocycles. The Morgan fingerprint density at radius 1 is 1.12 bits per heavy atom. The summed E-state index contributed by atoms with van der Waals surface area (Å²) in [6.07, 6.45) is 5.13. The van der Waals surface area contributed by atoms with Gasteiger partial charge in [0, 0.05) is 6.20 Å². The molecule has 1 fully saturated rings. The van der Waals surface area contributed by atoms with Crippen LogP contribution in [-0.2, 0) is 25.7 Å². The van der Waals surface area contributed by atoms with E-state index in [1.807, 2.05) is 54.6 Å². The van der Waals surface area contributed by atoms with Crippen molar-refractivity contribution < 1.29 is 28.8 Å². The van der Waals surface area contributed by atoms with E-state index in [4.69, 9.17) is 15.2 Å². The number of ether oxygens (including phenoxy) is 2. The lowest BCUT2D eigenvalue weighted by Gasteiger charge is -2.28. The highest BCUT2D eigenvalue weighted by Gasteiger charge is 2.35. The average Bonchev–Trinajstić information content (AvgIpc) is 3.44. The van der Waals surface area contributed by atoms with Gasteiger partial charge in [0.15, 0.2) is 11.9 Å². The summed E-state index contributed by atoms with van der Waals surface area (Å²) in [6.45, 7) is 7.05. The largest absolute Gasteiger partial charge is 0.497 e.